The molecular formula is C9H18NNaO6. The van der Waals surface area contributed by atoms with Gasteiger partial charge in [0, 0.05) is 24.3 Å². The number of carbonyl (C=O) groups is 2. The van der Waals surface area contributed by atoms with Gasteiger partial charge in [0.05, 0.1) is 6.61 Å². The summed E-state index contributed by atoms with van der Waals surface area (Å²) in [5.74, 6) is -1.97. The zero-order valence-corrected chi connectivity index (χ0v) is 12.3. The minimum atomic E-state index is -1.37. The van der Waals surface area contributed by atoms with E-state index in [-0.39, 0.29) is 54.6 Å². The molecule has 0 aromatic rings. The van der Waals surface area contributed by atoms with Gasteiger partial charge in [0.15, 0.2) is 0 Å². The van der Waals surface area contributed by atoms with Crippen LogP contribution in [0.1, 0.15) is 20.3 Å². The van der Waals surface area contributed by atoms with Crippen molar-refractivity contribution in [2.45, 2.75) is 26.4 Å². The molecule has 0 aliphatic rings. The van der Waals surface area contributed by atoms with Crippen LogP contribution in [-0.2, 0) is 9.59 Å². The van der Waals surface area contributed by atoms with Gasteiger partial charge in [0.2, 0.25) is 5.91 Å². The van der Waals surface area contributed by atoms with Gasteiger partial charge >= 0.3 is 29.6 Å². The zero-order chi connectivity index (χ0) is 12.1. The molecule has 0 rings (SSSR count). The van der Waals surface area contributed by atoms with E-state index < -0.39 is 23.4 Å². The predicted octanol–water partition coefficient (Wildman–Crippen LogP) is -6.20. The molecular weight excluding hydrogens is 241 g/mol. The van der Waals surface area contributed by atoms with Crippen molar-refractivity contribution < 1.29 is 59.9 Å². The number of nitrogens with one attached hydrogen (secondary N) is 1. The maximum absolute atomic E-state index is 11.2. The number of aliphatic carboxylic acids is 1. The SMILES string of the molecule is CC(C)(CO)[C@@H](O)C(=O)NCCC(=O)[O-].O.[Na+]. The Hall–Kier alpha value is -0.180. The molecule has 0 aliphatic heterocycles. The first-order valence-electron chi connectivity index (χ1n) is 4.57. The van der Waals surface area contributed by atoms with Crippen LogP contribution in [0.3, 0.4) is 0 Å². The van der Waals surface area contributed by atoms with E-state index >= 15 is 0 Å². The number of carboxylic acids is 1. The Morgan fingerprint density at radius 2 is 1.88 bits per heavy atom. The van der Waals surface area contributed by atoms with Crippen molar-refractivity contribution in [1.82, 2.24) is 5.32 Å². The van der Waals surface area contributed by atoms with Gasteiger partial charge in [0.1, 0.15) is 6.10 Å². The fourth-order valence-electron chi connectivity index (χ4n) is 0.826. The Morgan fingerprint density at radius 3 is 2.24 bits per heavy atom. The molecule has 0 aromatic heterocycles. The van der Waals surface area contributed by atoms with Crippen molar-refractivity contribution in [3.63, 3.8) is 0 Å². The van der Waals surface area contributed by atoms with E-state index in [0.29, 0.717) is 0 Å². The molecule has 1 amide bonds. The first-order chi connectivity index (χ1) is 6.81. The second-order valence-electron chi connectivity index (χ2n) is 3.96. The fraction of sp³-hybridized carbons (Fsp3) is 0.778. The summed E-state index contributed by atoms with van der Waals surface area (Å²) in [6, 6.07) is 0. The number of aliphatic hydroxyl groups excluding tert-OH is 2. The molecule has 0 saturated carbocycles. The predicted molar refractivity (Wildman–Crippen MR) is 53.1 cm³/mol. The molecule has 0 aliphatic carbocycles. The third kappa shape index (κ3) is 8.53. The Balaban J connectivity index is -0.000000980. The van der Waals surface area contributed by atoms with Crippen LogP contribution in [-0.4, -0.2) is 46.8 Å². The van der Waals surface area contributed by atoms with E-state index in [1.54, 1.807) is 0 Å². The summed E-state index contributed by atoms with van der Waals surface area (Å²) in [6.07, 6.45) is -1.68. The number of amides is 1. The van der Waals surface area contributed by atoms with Crippen LogP contribution in [0.2, 0.25) is 0 Å². The molecule has 0 saturated heterocycles. The first-order valence-corrected chi connectivity index (χ1v) is 4.57. The van der Waals surface area contributed by atoms with E-state index in [1.807, 2.05) is 0 Å². The minimum absolute atomic E-state index is 0. The van der Waals surface area contributed by atoms with Crippen molar-refractivity contribution in [2.75, 3.05) is 13.2 Å². The molecule has 0 aromatic carbocycles. The maximum atomic E-state index is 11.2. The third-order valence-electron chi connectivity index (χ3n) is 2.02. The number of rotatable bonds is 6. The molecule has 7 nitrogen and oxygen atoms in total. The monoisotopic (exact) mass is 259 g/mol. The number of aliphatic hydroxyl groups is 2. The molecule has 0 spiro atoms. The Bertz CT molecular complexity index is 246. The molecule has 5 N–H and O–H groups in total. The molecule has 0 unspecified atom stereocenters. The molecule has 8 heteroatoms. The molecule has 1 atom stereocenters. The number of hydrogen-bond donors (Lipinski definition) is 3. The van der Waals surface area contributed by atoms with Gasteiger partial charge < -0.3 is 30.9 Å². The van der Waals surface area contributed by atoms with Gasteiger partial charge in [-0.2, -0.15) is 0 Å². The van der Waals surface area contributed by atoms with Crippen molar-refractivity contribution in [2.24, 2.45) is 5.41 Å². The summed E-state index contributed by atoms with van der Waals surface area (Å²) in [7, 11) is 0. The number of carbonyl (C=O) groups excluding carboxylic acids is 2. The third-order valence-corrected chi connectivity index (χ3v) is 2.02. The topological polar surface area (TPSA) is 141 Å². The maximum Gasteiger partial charge on any atom is 1.00 e. The van der Waals surface area contributed by atoms with Gasteiger partial charge in [-0.05, 0) is 0 Å². The summed E-state index contributed by atoms with van der Waals surface area (Å²) >= 11 is 0. The standard InChI is InChI=1S/C9H17NO5.Na.H2O/c1-9(2,5-11)7(14)8(15)10-4-3-6(12)13;;/h7,11,14H,3-5H2,1-2H3,(H,10,15)(H,12,13);;1H2/q;+1;/p-1/t7-;;/m0../s1. The van der Waals surface area contributed by atoms with Crippen LogP contribution >= 0.6 is 0 Å². The molecule has 96 valence electrons. The second-order valence-corrected chi connectivity index (χ2v) is 3.96. The largest absolute Gasteiger partial charge is 1.00 e. The van der Waals surface area contributed by atoms with Crippen LogP contribution < -0.4 is 40.0 Å². The van der Waals surface area contributed by atoms with Crippen molar-refractivity contribution in [1.29, 1.82) is 0 Å². The van der Waals surface area contributed by atoms with E-state index in [1.165, 1.54) is 13.8 Å². The summed E-state index contributed by atoms with van der Waals surface area (Å²) < 4.78 is 0. The molecule has 0 bridgehead atoms. The fourth-order valence-corrected chi connectivity index (χ4v) is 0.826. The van der Waals surface area contributed by atoms with E-state index in [9.17, 15) is 19.8 Å². The molecule has 0 heterocycles. The van der Waals surface area contributed by atoms with Crippen LogP contribution in [0.5, 0.6) is 0 Å². The average molecular weight is 259 g/mol. The van der Waals surface area contributed by atoms with Crippen molar-refractivity contribution >= 4 is 11.9 Å². The molecule has 0 radical (unpaired) electrons. The van der Waals surface area contributed by atoms with Gasteiger partial charge in [-0.15, -0.1) is 0 Å². The Morgan fingerprint density at radius 1 is 1.41 bits per heavy atom. The number of carboxylic acid groups (broad SMARTS) is 1. The quantitative estimate of drug-likeness (QED) is 0.407. The van der Waals surface area contributed by atoms with E-state index in [4.69, 9.17) is 5.11 Å². The van der Waals surface area contributed by atoms with Crippen LogP contribution in [0.4, 0.5) is 0 Å². The normalized spacial score (nSPS) is 11.8. The van der Waals surface area contributed by atoms with E-state index in [0.717, 1.165) is 0 Å². The summed E-state index contributed by atoms with van der Waals surface area (Å²) in [4.78, 5) is 21.3. The first kappa shape index (κ1) is 22.0. The van der Waals surface area contributed by atoms with Crippen LogP contribution in [0.25, 0.3) is 0 Å². The van der Waals surface area contributed by atoms with Crippen LogP contribution in [0, 0.1) is 5.41 Å². The van der Waals surface area contributed by atoms with Crippen molar-refractivity contribution in [3.05, 3.63) is 0 Å². The van der Waals surface area contributed by atoms with Gasteiger partial charge in [0.25, 0.3) is 0 Å². The Kier molecular flexibility index (Phi) is 12.7. The second kappa shape index (κ2) is 9.81. The van der Waals surface area contributed by atoms with Gasteiger partial charge in [-0.3, -0.25) is 4.79 Å². The average Bonchev–Trinajstić information content (AvgIpc) is 2.15. The summed E-state index contributed by atoms with van der Waals surface area (Å²) in [6.45, 7) is 2.60. The van der Waals surface area contributed by atoms with E-state index in [2.05, 4.69) is 5.32 Å². The van der Waals surface area contributed by atoms with Crippen molar-refractivity contribution in [3.8, 4) is 0 Å². The zero-order valence-electron chi connectivity index (χ0n) is 10.3. The number of hydrogen-bond acceptors (Lipinski definition) is 5. The van der Waals surface area contributed by atoms with Gasteiger partial charge in [-0.1, -0.05) is 13.8 Å². The van der Waals surface area contributed by atoms with Crippen LogP contribution in [0.15, 0.2) is 0 Å². The Labute approximate surface area is 122 Å². The summed E-state index contributed by atoms with van der Waals surface area (Å²) in [5.41, 5.74) is -0.953. The smallest absolute Gasteiger partial charge is 0.550 e. The minimum Gasteiger partial charge on any atom is -0.550 e. The van der Waals surface area contributed by atoms with Gasteiger partial charge in [-0.25, -0.2) is 0 Å². The molecule has 17 heavy (non-hydrogen) atoms. The summed E-state index contributed by atoms with van der Waals surface area (Å²) in [5, 5.41) is 30.6. The molecule has 0 fully saturated rings.